The van der Waals surface area contributed by atoms with Crippen molar-refractivity contribution in [2.24, 2.45) is 4.99 Å². The van der Waals surface area contributed by atoms with Gasteiger partial charge in [0.25, 0.3) is 0 Å². The first kappa shape index (κ1) is 6.72. The van der Waals surface area contributed by atoms with E-state index in [4.69, 9.17) is 5.11 Å². The number of aliphatic imine (C=N–C) groups is 1. The lowest BCUT2D eigenvalue weighted by Gasteiger charge is -2.09. The Hall–Kier alpha value is -0.970. The van der Waals surface area contributed by atoms with Crippen LogP contribution in [0.25, 0.3) is 0 Å². The van der Waals surface area contributed by atoms with E-state index in [1.165, 1.54) is 0 Å². The van der Waals surface area contributed by atoms with Crippen molar-refractivity contribution in [1.29, 1.82) is 0 Å². The molecule has 58 valence electrons. The number of carbonyl (C=O) groups is 1. The maximum Gasteiger partial charge on any atom is 0.356 e. The number of nitrogens with zero attached hydrogens (tertiary/aromatic N) is 2. The minimum atomic E-state index is -0.929. The zero-order valence-corrected chi connectivity index (χ0v) is 6.47. The van der Waals surface area contributed by atoms with E-state index in [2.05, 4.69) is 4.99 Å². The maximum absolute atomic E-state index is 10.5. The Morgan fingerprint density at radius 1 is 1.82 bits per heavy atom. The second-order valence-electron chi connectivity index (χ2n) is 2.29. The molecular weight excluding hydrogens is 164 g/mol. The van der Waals surface area contributed by atoms with Crippen LogP contribution in [-0.4, -0.2) is 34.2 Å². The summed E-state index contributed by atoms with van der Waals surface area (Å²) in [5.41, 5.74) is 0.970. The third-order valence-electron chi connectivity index (χ3n) is 1.61. The molecular formula is C6H6N2O2S. The van der Waals surface area contributed by atoms with Crippen molar-refractivity contribution in [3.8, 4) is 0 Å². The molecule has 0 saturated carbocycles. The van der Waals surface area contributed by atoms with Crippen LogP contribution < -0.4 is 0 Å². The van der Waals surface area contributed by atoms with Crippen LogP contribution in [0.15, 0.2) is 16.1 Å². The van der Waals surface area contributed by atoms with Gasteiger partial charge in [-0.25, -0.2) is 4.79 Å². The van der Waals surface area contributed by atoms with Gasteiger partial charge in [-0.3, -0.25) is 4.99 Å². The highest BCUT2D eigenvalue weighted by Crippen LogP contribution is 2.27. The van der Waals surface area contributed by atoms with Crippen molar-refractivity contribution in [2.45, 2.75) is 0 Å². The van der Waals surface area contributed by atoms with E-state index >= 15 is 0 Å². The van der Waals surface area contributed by atoms with E-state index in [9.17, 15) is 4.79 Å². The van der Waals surface area contributed by atoms with Gasteiger partial charge in [0.15, 0.2) is 5.71 Å². The molecule has 0 aromatic heterocycles. The number of aliphatic carboxylic acids is 1. The molecule has 5 heteroatoms. The topological polar surface area (TPSA) is 52.9 Å². The summed E-state index contributed by atoms with van der Waals surface area (Å²) in [5.74, 6) is -0.100. The van der Waals surface area contributed by atoms with Crippen LogP contribution in [0.5, 0.6) is 0 Å². The minimum Gasteiger partial charge on any atom is -0.476 e. The average molecular weight is 170 g/mol. The molecule has 0 amide bonds. The van der Waals surface area contributed by atoms with E-state index in [-0.39, 0.29) is 5.71 Å². The summed E-state index contributed by atoms with van der Waals surface area (Å²) in [7, 11) is 0. The number of carboxylic acid groups (broad SMARTS) is 1. The summed E-state index contributed by atoms with van der Waals surface area (Å²) in [6, 6.07) is 0. The van der Waals surface area contributed by atoms with Crippen LogP contribution in [0.1, 0.15) is 0 Å². The highest BCUT2D eigenvalue weighted by atomic mass is 32.2. The fourth-order valence-corrected chi connectivity index (χ4v) is 1.98. The Labute approximate surface area is 67.6 Å². The minimum absolute atomic E-state index is 0.204. The van der Waals surface area contributed by atoms with Crippen molar-refractivity contribution in [3.05, 3.63) is 11.1 Å². The molecule has 0 aliphatic carbocycles. The summed E-state index contributed by atoms with van der Waals surface area (Å²) in [4.78, 5) is 16.4. The lowest BCUT2D eigenvalue weighted by molar-refractivity contribution is -0.129. The molecule has 0 unspecified atom stereocenters. The molecule has 1 N–H and O–H groups in total. The predicted octanol–water partition coefficient (Wildman–Crippen LogP) is 0.331. The molecule has 0 spiro atoms. The van der Waals surface area contributed by atoms with Gasteiger partial charge in [0, 0.05) is 0 Å². The van der Waals surface area contributed by atoms with Crippen LogP contribution in [0, 0.1) is 0 Å². The molecule has 0 radical (unpaired) electrons. The lowest BCUT2D eigenvalue weighted by Crippen LogP contribution is -2.20. The van der Waals surface area contributed by atoms with Gasteiger partial charge in [0.2, 0.25) is 0 Å². The smallest absolute Gasteiger partial charge is 0.356 e. The molecule has 2 heterocycles. The maximum atomic E-state index is 10.5. The molecule has 11 heavy (non-hydrogen) atoms. The van der Waals surface area contributed by atoms with Crippen LogP contribution in [0.3, 0.4) is 0 Å². The van der Waals surface area contributed by atoms with Gasteiger partial charge in [-0.2, -0.15) is 0 Å². The molecule has 2 rings (SSSR count). The number of rotatable bonds is 1. The molecule has 2 aliphatic heterocycles. The van der Waals surface area contributed by atoms with E-state index in [0.29, 0.717) is 6.67 Å². The van der Waals surface area contributed by atoms with E-state index in [0.717, 1.165) is 11.6 Å². The number of hydrogen-bond donors (Lipinski definition) is 1. The summed E-state index contributed by atoms with van der Waals surface area (Å²) in [5, 5.41) is 10.5. The van der Waals surface area contributed by atoms with Gasteiger partial charge in [-0.05, 0) is 5.41 Å². The van der Waals surface area contributed by atoms with E-state index in [1.54, 1.807) is 11.8 Å². The number of hydrogen-bond acceptors (Lipinski definition) is 4. The SMILES string of the molecule is O=C(O)C1=NCN2CSC=C12. The summed E-state index contributed by atoms with van der Waals surface area (Å²) in [6.07, 6.45) is 0. The van der Waals surface area contributed by atoms with Crippen LogP contribution >= 0.6 is 11.8 Å². The Morgan fingerprint density at radius 2 is 2.64 bits per heavy atom. The molecule has 0 atom stereocenters. The van der Waals surface area contributed by atoms with Gasteiger partial charge in [-0.1, -0.05) is 0 Å². The summed E-state index contributed by atoms with van der Waals surface area (Å²) >= 11 is 1.61. The fourth-order valence-electron chi connectivity index (χ4n) is 1.09. The van der Waals surface area contributed by atoms with E-state index in [1.807, 2.05) is 10.3 Å². The van der Waals surface area contributed by atoms with Crippen molar-refractivity contribution in [2.75, 3.05) is 12.5 Å². The summed E-state index contributed by atoms with van der Waals surface area (Å²) in [6.45, 7) is 0.500. The normalized spacial score (nSPS) is 21.3. The first-order valence-corrected chi connectivity index (χ1v) is 4.19. The number of thioether (sulfide) groups is 1. The highest BCUT2D eigenvalue weighted by molar-refractivity contribution is 8.02. The van der Waals surface area contributed by atoms with Gasteiger partial charge >= 0.3 is 5.97 Å². The Morgan fingerprint density at radius 3 is 3.36 bits per heavy atom. The molecule has 0 fully saturated rings. The summed E-state index contributed by atoms with van der Waals surface area (Å²) < 4.78 is 0. The largest absolute Gasteiger partial charge is 0.476 e. The molecule has 0 aromatic carbocycles. The van der Waals surface area contributed by atoms with Gasteiger partial charge in [0.1, 0.15) is 6.67 Å². The average Bonchev–Trinajstić information content (AvgIpc) is 2.41. The van der Waals surface area contributed by atoms with Crippen LogP contribution in [0.2, 0.25) is 0 Å². The molecule has 4 nitrogen and oxygen atoms in total. The zero-order chi connectivity index (χ0) is 7.84. The van der Waals surface area contributed by atoms with E-state index < -0.39 is 5.97 Å². The lowest BCUT2D eigenvalue weighted by atomic mass is 10.3. The van der Waals surface area contributed by atoms with Gasteiger partial charge in [0.05, 0.1) is 11.6 Å². The second-order valence-corrected chi connectivity index (χ2v) is 3.12. The highest BCUT2D eigenvalue weighted by Gasteiger charge is 2.29. The van der Waals surface area contributed by atoms with Crippen molar-refractivity contribution in [1.82, 2.24) is 4.90 Å². The standard InChI is InChI=1S/C6H6N2O2S/c9-6(10)5-4-1-11-3-8(4)2-7-5/h1H,2-3H2,(H,9,10). The molecule has 0 saturated heterocycles. The van der Waals surface area contributed by atoms with Gasteiger partial charge < -0.3 is 10.0 Å². The van der Waals surface area contributed by atoms with Crippen molar-refractivity contribution in [3.63, 3.8) is 0 Å². The molecule has 0 aromatic rings. The quantitative estimate of drug-likeness (QED) is 0.616. The molecule has 2 aliphatic rings. The predicted molar refractivity (Wildman–Crippen MR) is 42.3 cm³/mol. The fraction of sp³-hybridized carbons (Fsp3) is 0.333. The Kier molecular flexibility index (Phi) is 1.38. The third kappa shape index (κ3) is 0.920. The monoisotopic (exact) mass is 170 g/mol. The first-order chi connectivity index (χ1) is 5.29. The number of carboxylic acids is 1. The second kappa shape index (κ2) is 2.27. The molecule has 0 bridgehead atoms. The first-order valence-electron chi connectivity index (χ1n) is 3.14. The van der Waals surface area contributed by atoms with Crippen molar-refractivity contribution < 1.29 is 9.90 Å². The Balaban J connectivity index is 2.30. The van der Waals surface area contributed by atoms with Crippen LogP contribution in [-0.2, 0) is 4.79 Å². The third-order valence-corrected chi connectivity index (χ3v) is 2.46. The van der Waals surface area contributed by atoms with Crippen molar-refractivity contribution >= 4 is 23.4 Å². The number of fused-ring (bicyclic) bond motifs is 1. The van der Waals surface area contributed by atoms with Gasteiger partial charge in [-0.15, -0.1) is 11.8 Å². The Bertz CT molecular complexity index is 272. The zero-order valence-electron chi connectivity index (χ0n) is 5.65. The van der Waals surface area contributed by atoms with Crippen LogP contribution in [0.4, 0.5) is 0 Å².